The fourth-order valence-electron chi connectivity index (χ4n) is 1.23. The number of hydrogen-bond acceptors (Lipinski definition) is 5. The van der Waals surface area contributed by atoms with Gasteiger partial charge in [-0.05, 0) is 12.1 Å². The van der Waals surface area contributed by atoms with Crippen LogP contribution in [0.5, 0.6) is 0 Å². The number of nitrogens with one attached hydrogen (secondary N) is 2. The standard InChI is InChI=1S/C10H14N6/c1-16(2)10-11-5-4-9(14-10)12-7-8-3-6-13-15-8/h3-6H,7H2,1-2H3,(H,13,15)(H,11,12,14). The highest BCUT2D eigenvalue weighted by Gasteiger charge is 2.00. The lowest BCUT2D eigenvalue weighted by atomic mass is 10.4. The molecule has 6 nitrogen and oxygen atoms in total. The van der Waals surface area contributed by atoms with Crippen molar-refractivity contribution in [2.45, 2.75) is 6.54 Å². The van der Waals surface area contributed by atoms with E-state index in [-0.39, 0.29) is 0 Å². The highest BCUT2D eigenvalue weighted by atomic mass is 15.2. The highest BCUT2D eigenvalue weighted by molar-refractivity contribution is 5.40. The SMILES string of the molecule is CN(C)c1nccc(NCc2ccn[nH]2)n1. The van der Waals surface area contributed by atoms with Gasteiger partial charge >= 0.3 is 0 Å². The predicted molar refractivity (Wildman–Crippen MR) is 62.3 cm³/mol. The second-order valence-corrected chi connectivity index (χ2v) is 3.57. The molecule has 0 aliphatic carbocycles. The summed E-state index contributed by atoms with van der Waals surface area (Å²) >= 11 is 0. The lowest BCUT2D eigenvalue weighted by Crippen LogP contribution is -2.13. The van der Waals surface area contributed by atoms with E-state index in [1.807, 2.05) is 31.1 Å². The molecule has 0 fully saturated rings. The van der Waals surface area contributed by atoms with E-state index in [4.69, 9.17) is 0 Å². The van der Waals surface area contributed by atoms with Crippen LogP contribution in [0, 0.1) is 0 Å². The number of rotatable bonds is 4. The Morgan fingerprint density at radius 3 is 2.88 bits per heavy atom. The third-order valence-electron chi connectivity index (χ3n) is 2.06. The molecule has 0 aliphatic heterocycles. The number of anilines is 2. The van der Waals surface area contributed by atoms with E-state index in [2.05, 4.69) is 25.5 Å². The lowest BCUT2D eigenvalue weighted by molar-refractivity contribution is 0.957. The molecule has 6 heteroatoms. The monoisotopic (exact) mass is 218 g/mol. The van der Waals surface area contributed by atoms with Crippen LogP contribution in [0.1, 0.15) is 5.69 Å². The van der Waals surface area contributed by atoms with Gasteiger partial charge in [-0.1, -0.05) is 0 Å². The summed E-state index contributed by atoms with van der Waals surface area (Å²) in [6.07, 6.45) is 3.46. The van der Waals surface area contributed by atoms with Gasteiger partial charge < -0.3 is 10.2 Å². The molecule has 0 aromatic carbocycles. The molecule has 0 saturated heterocycles. The molecule has 16 heavy (non-hydrogen) atoms. The Kier molecular flexibility index (Phi) is 3.00. The Morgan fingerprint density at radius 2 is 2.19 bits per heavy atom. The van der Waals surface area contributed by atoms with Crippen LogP contribution in [0.2, 0.25) is 0 Å². The predicted octanol–water partition coefficient (Wildman–Crippen LogP) is 0.878. The average molecular weight is 218 g/mol. The summed E-state index contributed by atoms with van der Waals surface area (Å²) in [5.74, 6) is 1.49. The van der Waals surface area contributed by atoms with Gasteiger partial charge in [0, 0.05) is 26.5 Å². The van der Waals surface area contributed by atoms with Crippen molar-refractivity contribution in [3.8, 4) is 0 Å². The average Bonchev–Trinajstić information content (AvgIpc) is 2.79. The van der Waals surface area contributed by atoms with Crippen molar-refractivity contribution in [1.82, 2.24) is 20.2 Å². The molecule has 0 saturated carbocycles. The molecule has 0 radical (unpaired) electrons. The van der Waals surface area contributed by atoms with Gasteiger partial charge in [0.05, 0.1) is 12.2 Å². The van der Waals surface area contributed by atoms with E-state index >= 15 is 0 Å². The minimum absolute atomic E-state index is 0.671. The Balaban J connectivity index is 2.01. The largest absolute Gasteiger partial charge is 0.364 e. The molecule has 0 unspecified atom stereocenters. The van der Waals surface area contributed by atoms with Crippen LogP contribution in [0.3, 0.4) is 0 Å². The first-order valence-corrected chi connectivity index (χ1v) is 4.98. The molecule has 2 aromatic heterocycles. The maximum atomic E-state index is 4.34. The summed E-state index contributed by atoms with van der Waals surface area (Å²) in [6.45, 7) is 0.671. The summed E-state index contributed by atoms with van der Waals surface area (Å²) in [5.41, 5.74) is 1.02. The van der Waals surface area contributed by atoms with Crippen LogP contribution in [-0.2, 0) is 6.54 Å². The molecule has 84 valence electrons. The Bertz CT molecular complexity index is 436. The van der Waals surface area contributed by atoms with Crippen molar-refractivity contribution in [1.29, 1.82) is 0 Å². The van der Waals surface area contributed by atoms with E-state index in [0.717, 1.165) is 11.5 Å². The number of aromatic nitrogens is 4. The van der Waals surface area contributed by atoms with Gasteiger partial charge in [0.15, 0.2) is 0 Å². The van der Waals surface area contributed by atoms with Crippen LogP contribution in [-0.4, -0.2) is 34.3 Å². The number of aromatic amines is 1. The smallest absolute Gasteiger partial charge is 0.226 e. The van der Waals surface area contributed by atoms with Crippen LogP contribution in [0.4, 0.5) is 11.8 Å². The van der Waals surface area contributed by atoms with Crippen LogP contribution in [0.25, 0.3) is 0 Å². The van der Waals surface area contributed by atoms with Gasteiger partial charge in [-0.25, -0.2) is 4.98 Å². The van der Waals surface area contributed by atoms with Gasteiger partial charge in [0.2, 0.25) is 5.95 Å². The third-order valence-corrected chi connectivity index (χ3v) is 2.06. The molecule has 2 heterocycles. The van der Waals surface area contributed by atoms with Gasteiger partial charge in [-0.2, -0.15) is 10.1 Å². The highest BCUT2D eigenvalue weighted by Crippen LogP contribution is 2.08. The minimum atomic E-state index is 0.671. The Hall–Kier alpha value is -2.11. The zero-order valence-electron chi connectivity index (χ0n) is 9.31. The lowest BCUT2D eigenvalue weighted by Gasteiger charge is -2.11. The number of H-pyrrole nitrogens is 1. The maximum absolute atomic E-state index is 4.34. The molecule has 0 bridgehead atoms. The van der Waals surface area contributed by atoms with Gasteiger partial charge in [-0.3, -0.25) is 5.10 Å². The molecule has 2 rings (SSSR count). The third kappa shape index (κ3) is 2.47. The fraction of sp³-hybridized carbons (Fsp3) is 0.300. The molecule has 0 atom stereocenters. The van der Waals surface area contributed by atoms with E-state index in [1.54, 1.807) is 12.4 Å². The quantitative estimate of drug-likeness (QED) is 0.797. The molecule has 0 aliphatic rings. The topological polar surface area (TPSA) is 69.7 Å². The summed E-state index contributed by atoms with van der Waals surface area (Å²) < 4.78 is 0. The number of nitrogens with zero attached hydrogens (tertiary/aromatic N) is 4. The molecule has 2 aromatic rings. The van der Waals surface area contributed by atoms with Crippen LogP contribution in [0.15, 0.2) is 24.5 Å². The summed E-state index contributed by atoms with van der Waals surface area (Å²) in [7, 11) is 3.82. The van der Waals surface area contributed by atoms with Crippen LogP contribution >= 0.6 is 0 Å². The molecule has 2 N–H and O–H groups in total. The van der Waals surface area contributed by atoms with E-state index in [1.165, 1.54) is 0 Å². The fourth-order valence-corrected chi connectivity index (χ4v) is 1.23. The van der Waals surface area contributed by atoms with Gasteiger partial charge in [0.1, 0.15) is 5.82 Å². The summed E-state index contributed by atoms with van der Waals surface area (Å²) in [5, 5.41) is 9.95. The Morgan fingerprint density at radius 1 is 1.31 bits per heavy atom. The normalized spacial score (nSPS) is 10.1. The zero-order chi connectivity index (χ0) is 11.4. The number of hydrogen-bond donors (Lipinski definition) is 2. The van der Waals surface area contributed by atoms with E-state index in [0.29, 0.717) is 12.5 Å². The molecule has 0 amide bonds. The second kappa shape index (κ2) is 4.61. The van der Waals surface area contributed by atoms with Gasteiger partial charge in [0.25, 0.3) is 0 Å². The first-order valence-electron chi connectivity index (χ1n) is 4.98. The maximum Gasteiger partial charge on any atom is 0.226 e. The van der Waals surface area contributed by atoms with Crippen molar-refractivity contribution in [3.63, 3.8) is 0 Å². The molecule has 0 spiro atoms. The molecular formula is C10H14N6. The van der Waals surface area contributed by atoms with Crippen molar-refractivity contribution >= 4 is 11.8 Å². The van der Waals surface area contributed by atoms with Crippen molar-refractivity contribution in [2.75, 3.05) is 24.3 Å². The minimum Gasteiger partial charge on any atom is -0.364 e. The van der Waals surface area contributed by atoms with Gasteiger partial charge in [-0.15, -0.1) is 0 Å². The second-order valence-electron chi connectivity index (χ2n) is 3.57. The summed E-state index contributed by atoms with van der Waals surface area (Å²) in [6, 6.07) is 3.75. The first-order chi connectivity index (χ1) is 7.75. The van der Waals surface area contributed by atoms with Crippen molar-refractivity contribution < 1.29 is 0 Å². The van der Waals surface area contributed by atoms with E-state index < -0.39 is 0 Å². The first kappa shape index (κ1) is 10.4. The molecular weight excluding hydrogens is 204 g/mol. The Labute approximate surface area is 93.7 Å². The van der Waals surface area contributed by atoms with Crippen molar-refractivity contribution in [3.05, 3.63) is 30.2 Å². The van der Waals surface area contributed by atoms with Crippen LogP contribution < -0.4 is 10.2 Å². The zero-order valence-corrected chi connectivity index (χ0v) is 9.31. The van der Waals surface area contributed by atoms with E-state index in [9.17, 15) is 0 Å². The van der Waals surface area contributed by atoms with Crippen molar-refractivity contribution in [2.24, 2.45) is 0 Å². The summed E-state index contributed by atoms with van der Waals surface area (Å²) in [4.78, 5) is 10.3.